The summed E-state index contributed by atoms with van der Waals surface area (Å²) in [5.41, 5.74) is 1.29. The van der Waals surface area contributed by atoms with Gasteiger partial charge >= 0.3 is 0 Å². The van der Waals surface area contributed by atoms with Crippen LogP contribution in [0, 0.1) is 5.92 Å². The Morgan fingerprint density at radius 2 is 1.75 bits per heavy atom. The Hall–Kier alpha value is -2.78. The van der Waals surface area contributed by atoms with Crippen molar-refractivity contribution < 1.29 is 22.7 Å². The Labute approximate surface area is 219 Å². The fraction of sp³-hybridized carbons (Fsp3) is 0.462. The van der Waals surface area contributed by atoms with E-state index in [1.165, 1.54) is 9.21 Å². The molecule has 0 aliphatic rings. The van der Waals surface area contributed by atoms with E-state index in [2.05, 4.69) is 5.32 Å². The topological polar surface area (TPSA) is 96.0 Å². The maximum Gasteiger partial charge on any atom is 0.242 e. The maximum atomic E-state index is 13.3. The minimum absolute atomic E-state index is 0.0739. The van der Waals surface area contributed by atoms with E-state index in [0.29, 0.717) is 23.0 Å². The van der Waals surface area contributed by atoms with Gasteiger partial charge in [0.15, 0.2) is 0 Å². The van der Waals surface area contributed by atoms with E-state index in [9.17, 15) is 18.0 Å². The van der Waals surface area contributed by atoms with Crippen LogP contribution in [-0.2, 0) is 26.2 Å². The molecule has 0 aromatic heterocycles. The Morgan fingerprint density at radius 1 is 1.08 bits per heavy atom. The molecule has 0 spiro atoms. The van der Waals surface area contributed by atoms with Crippen LogP contribution < -0.4 is 14.4 Å². The number of hydrogen-bond acceptors (Lipinski definition) is 5. The maximum absolute atomic E-state index is 13.3. The highest BCUT2D eigenvalue weighted by molar-refractivity contribution is 7.92. The molecule has 0 fully saturated rings. The second-order valence-electron chi connectivity index (χ2n) is 9.10. The van der Waals surface area contributed by atoms with Crippen molar-refractivity contribution in [1.29, 1.82) is 0 Å². The summed E-state index contributed by atoms with van der Waals surface area (Å²) >= 11 is 6.04. The monoisotopic (exact) mass is 537 g/mol. The third-order valence-corrected chi connectivity index (χ3v) is 7.04. The average molecular weight is 538 g/mol. The van der Waals surface area contributed by atoms with Gasteiger partial charge in [0, 0.05) is 31.1 Å². The van der Waals surface area contributed by atoms with Crippen LogP contribution in [0.5, 0.6) is 5.75 Å². The zero-order valence-corrected chi connectivity index (χ0v) is 23.1. The lowest BCUT2D eigenvalue weighted by Crippen LogP contribution is -2.48. The van der Waals surface area contributed by atoms with Crippen molar-refractivity contribution in [3.63, 3.8) is 0 Å². The standard InChI is InChI=1S/C26H36ClN3O5S/c1-19(2)17-28-26(32)20(3)29(18-21-11-13-24(35-4)14-12-21)25(31)10-7-15-30(36(5,33)34)23-9-6-8-22(27)16-23/h6,8-9,11-14,16,19-20H,7,10,15,17-18H2,1-5H3,(H,28,32). The van der Waals surface area contributed by atoms with Gasteiger partial charge in [0.2, 0.25) is 21.8 Å². The first-order valence-electron chi connectivity index (χ1n) is 11.9. The van der Waals surface area contributed by atoms with Crippen molar-refractivity contribution in [2.24, 2.45) is 5.92 Å². The number of carbonyl (C=O) groups is 2. The molecule has 0 aliphatic carbocycles. The number of amides is 2. The summed E-state index contributed by atoms with van der Waals surface area (Å²) in [7, 11) is -2.00. The molecule has 0 radical (unpaired) electrons. The molecule has 0 bridgehead atoms. The minimum atomic E-state index is -3.58. The predicted molar refractivity (Wildman–Crippen MR) is 144 cm³/mol. The minimum Gasteiger partial charge on any atom is -0.497 e. The molecule has 1 N–H and O–H groups in total. The van der Waals surface area contributed by atoms with Gasteiger partial charge in [-0.2, -0.15) is 0 Å². The molecule has 36 heavy (non-hydrogen) atoms. The van der Waals surface area contributed by atoms with Crippen LogP contribution in [0.3, 0.4) is 0 Å². The van der Waals surface area contributed by atoms with Crippen molar-refractivity contribution in [3.8, 4) is 5.75 Å². The lowest BCUT2D eigenvalue weighted by molar-refractivity contribution is -0.140. The zero-order valence-electron chi connectivity index (χ0n) is 21.5. The number of methoxy groups -OCH3 is 1. The number of sulfonamides is 1. The van der Waals surface area contributed by atoms with Gasteiger partial charge in [0.05, 0.1) is 19.1 Å². The number of benzene rings is 2. The van der Waals surface area contributed by atoms with Crippen LogP contribution in [0.15, 0.2) is 48.5 Å². The molecule has 2 aromatic carbocycles. The molecule has 1 unspecified atom stereocenters. The Kier molecular flexibility index (Phi) is 11.0. The van der Waals surface area contributed by atoms with Gasteiger partial charge in [0.25, 0.3) is 0 Å². The van der Waals surface area contributed by atoms with E-state index in [0.717, 1.165) is 11.8 Å². The van der Waals surface area contributed by atoms with E-state index >= 15 is 0 Å². The molecule has 2 amide bonds. The number of anilines is 1. The van der Waals surface area contributed by atoms with Crippen LogP contribution in [0.1, 0.15) is 39.2 Å². The lowest BCUT2D eigenvalue weighted by atomic mass is 10.1. The first-order chi connectivity index (χ1) is 16.9. The highest BCUT2D eigenvalue weighted by Gasteiger charge is 2.26. The van der Waals surface area contributed by atoms with Gasteiger partial charge in [-0.3, -0.25) is 13.9 Å². The van der Waals surface area contributed by atoms with Gasteiger partial charge in [0.1, 0.15) is 11.8 Å². The summed E-state index contributed by atoms with van der Waals surface area (Å²) in [6, 6.07) is 13.2. The quantitative estimate of drug-likeness (QED) is 0.415. The summed E-state index contributed by atoms with van der Waals surface area (Å²) in [6.07, 6.45) is 1.47. The smallest absolute Gasteiger partial charge is 0.242 e. The number of nitrogens with one attached hydrogen (secondary N) is 1. The second-order valence-corrected chi connectivity index (χ2v) is 11.4. The van der Waals surface area contributed by atoms with Crippen LogP contribution in [0.2, 0.25) is 5.02 Å². The Morgan fingerprint density at radius 3 is 2.31 bits per heavy atom. The second kappa shape index (κ2) is 13.5. The van der Waals surface area contributed by atoms with Crippen molar-refractivity contribution >= 4 is 39.1 Å². The first-order valence-corrected chi connectivity index (χ1v) is 14.1. The molecule has 198 valence electrons. The highest BCUT2D eigenvalue weighted by atomic mass is 35.5. The Bertz CT molecular complexity index is 1120. The van der Waals surface area contributed by atoms with Gasteiger partial charge in [-0.25, -0.2) is 8.42 Å². The summed E-state index contributed by atoms with van der Waals surface area (Å²) in [4.78, 5) is 27.6. The van der Waals surface area contributed by atoms with Crippen LogP contribution in [-0.4, -0.2) is 57.6 Å². The number of rotatable bonds is 13. The SMILES string of the molecule is COc1ccc(CN(C(=O)CCCN(c2cccc(Cl)c2)S(C)(=O)=O)C(C)C(=O)NCC(C)C)cc1. The van der Waals surface area contributed by atoms with Crippen molar-refractivity contribution in [1.82, 2.24) is 10.2 Å². The molecular weight excluding hydrogens is 502 g/mol. The third kappa shape index (κ3) is 9.02. The van der Waals surface area contributed by atoms with Gasteiger partial charge in [-0.05, 0) is 55.2 Å². The Balaban J connectivity index is 2.16. The number of nitrogens with zero attached hydrogens (tertiary/aromatic N) is 2. The van der Waals surface area contributed by atoms with E-state index in [1.54, 1.807) is 50.4 Å². The molecular formula is C26H36ClN3O5S. The molecule has 2 rings (SSSR count). The molecule has 10 heteroatoms. The van der Waals surface area contributed by atoms with E-state index < -0.39 is 16.1 Å². The molecule has 0 aliphatic heterocycles. The summed E-state index contributed by atoms with van der Waals surface area (Å²) in [5.74, 6) is 0.501. The van der Waals surface area contributed by atoms with E-state index in [1.807, 2.05) is 26.0 Å². The van der Waals surface area contributed by atoms with Crippen molar-refractivity contribution in [2.75, 3.05) is 30.8 Å². The summed E-state index contributed by atoms with van der Waals surface area (Å²) in [5, 5.41) is 3.31. The van der Waals surface area contributed by atoms with E-state index in [-0.39, 0.29) is 43.7 Å². The molecule has 0 heterocycles. The molecule has 2 aromatic rings. The fourth-order valence-electron chi connectivity index (χ4n) is 3.60. The first kappa shape index (κ1) is 29.5. The van der Waals surface area contributed by atoms with Gasteiger partial charge in [-0.1, -0.05) is 43.6 Å². The predicted octanol–water partition coefficient (Wildman–Crippen LogP) is 4.08. The van der Waals surface area contributed by atoms with Crippen molar-refractivity contribution in [2.45, 2.75) is 46.2 Å². The largest absolute Gasteiger partial charge is 0.497 e. The summed E-state index contributed by atoms with van der Waals surface area (Å²) in [6.45, 7) is 6.55. The highest BCUT2D eigenvalue weighted by Crippen LogP contribution is 2.23. The summed E-state index contributed by atoms with van der Waals surface area (Å²) < 4.78 is 31.2. The van der Waals surface area contributed by atoms with Gasteiger partial charge < -0.3 is 15.0 Å². The number of ether oxygens (including phenoxy) is 1. The molecule has 0 saturated heterocycles. The number of hydrogen-bond donors (Lipinski definition) is 1. The third-order valence-electron chi connectivity index (χ3n) is 5.61. The zero-order chi connectivity index (χ0) is 26.9. The fourth-order valence-corrected chi connectivity index (χ4v) is 4.74. The lowest BCUT2D eigenvalue weighted by Gasteiger charge is -2.29. The van der Waals surface area contributed by atoms with Gasteiger partial charge in [-0.15, -0.1) is 0 Å². The molecule has 1 atom stereocenters. The average Bonchev–Trinajstić information content (AvgIpc) is 2.82. The molecule has 8 nitrogen and oxygen atoms in total. The van der Waals surface area contributed by atoms with Crippen LogP contribution >= 0.6 is 11.6 Å². The number of halogens is 1. The molecule has 0 saturated carbocycles. The van der Waals surface area contributed by atoms with E-state index in [4.69, 9.17) is 16.3 Å². The van der Waals surface area contributed by atoms with Crippen molar-refractivity contribution in [3.05, 3.63) is 59.1 Å². The normalized spacial score (nSPS) is 12.2. The van der Waals surface area contributed by atoms with Crippen LogP contribution in [0.25, 0.3) is 0 Å². The number of carbonyl (C=O) groups excluding carboxylic acids is 2. The van der Waals surface area contributed by atoms with Crippen LogP contribution in [0.4, 0.5) is 5.69 Å².